The molecule has 0 aromatic rings. The van der Waals surface area contributed by atoms with Gasteiger partial charge in [0.1, 0.15) is 0 Å². The average molecular weight is 207 g/mol. The molecular formula is C14H25N. The van der Waals surface area contributed by atoms with Gasteiger partial charge in [-0.25, -0.2) is 0 Å². The number of hydrogen-bond acceptors (Lipinski definition) is 1. The SMILES string of the molecule is C/C=C/C1=CN=CC=CC1.CC.CCC. The Morgan fingerprint density at radius 3 is 2.47 bits per heavy atom. The van der Waals surface area contributed by atoms with E-state index in [4.69, 9.17) is 0 Å². The number of allylic oxidation sites excluding steroid dienone is 5. The fourth-order valence-corrected chi connectivity index (χ4v) is 0.831. The zero-order valence-electron chi connectivity index (χ0n) is 10.8. The second-order valence-corrected chi connectivity index (χ2v) is 2.84. The molecule has 1 heteroatoms. The van der Waals surface area contributed by atoms with Crippen LogP contribution in [0.25, 0.3) is 0 Å². The lowest BCUT2D eigenvalue weighted by Gasteiger charge is -1.90. The molecule has 0 fully saturated rings. The monoisotopic (exact) mass is 207 g/mol. The van der Waals surface area contributed by atoms with Crippen molar-refractivity contribution in [3.63, 3.8) is 0 Å². The van der Waals surface area contributed by atoms with Crippen molar-refractivity contribution < 1.29 is 0 Å². The van der Waals surface area contributed by atoms with Crippen molar-refractivity contribution in [2.75, 3.05) is 0 Å². The van der Waals surface area contributed by atoms with Gasteiger partial charge in [-0.3, -0.25) is 4.99 Å². The van der Waals surface area contributed by atoms with Crippen molar-refractivity contribution in [1.29, 1.82) is 0 Å². The highest BCUT2D eigenvalue weighted by atomic mass is 14.7. The van der Waals surface area contributed by atoms with Crippen LogP contribution in [-0.4, -0.2) is 6.21 Å². The maximum absolute atomic E-state index is 4.05. The third-order valence-electron chi connectivity index (χ3n) is 1.28. The van der Waals surface area contributed by atoms with Crippen molar-refractivity contribution in [1.82, 2.24) is 0 Å². The Kier molecular flexibility index (Phi) is 16.7. The predicted molar refractivity (Wildman–Crippen MR) is 72.5 cm³/mol. The van der Waals surface area contributed by atoms with Gasteiger partial charge in [0.25, 0.3) is 0 Å². The first-order valence-electron chi connectivity index (χ1n) is 5.85. The van der Waals surface area contributed by atoms with E-state index in [1.807, 2.05) is 39.1 Å². The van der Waals surface area contributed by atoms with Gasteiger partial charge in [0, 0.05) is 12.4 Å². The molecule has 86 valence electrons. The molecule has 1 nitrogen and oxygen atoms in total. The smallest absolute Gasteiger partial charge is 0.0302 e. The molecule has 0 radical (unpaired) electrons. The van der Waals surface area contributed by atoms with Crippen molar-refractivity contribution in [3.8, 4) is 0 Å². The van der Waals surface area contributed by atoms with Gasteiger partial charge in [-0.15, -0.1) is 0 Å². The van der Waals surface area contributed by atoms with Crippen molar-refractivity contribution in [3.05, 3.63) is 36.1 Å². The first-order valence-corrected chi connectivity index (χ1v) is 5.85. The predicted octanol–water partition coefficient (Wildman–Crippen LogP) is 4.92. The van der Waals surface area contributed by atoms with Gasteiger partial charge >= 0.3 is 0 Å². The molecule has 0 aliphatic carbocycles. The molecule has 1 aliphatic heterocycles. The van der Waals surface area contributed by atoms with E-state index in [9.17, 15) is 0 Å². The second-order valence-electron chi connectivity index (χ2n) is 2.84. The minimum absolute atomic E-state index is 0.990. The standard InChI is InChI=1S/C9H11N.C3H8.C2H6/c1-2-5-9-6-3-4-7-10-8-9;1-3-2;1-2/h2-5,7-8H,6H2,1H3;3H2,1-2H3;1-2H3/b5-2+;;. The number of aliphatic imine (C=N–C) groups is 1. The summed E-state index contributed by atoms with van der Waals surface area (Å²) in [6.07, 6.45) is 14.1. The summed E-state index contributed by atoms with van der Waals surface area (Å²) in [5.74, 6) is 0. The largest absolute Gasteiger partial charge is 0.264 e. The number of rotatable bonds is 1. The zero-order chi connectivity index (χ0) is 11.9. The molecule has 0 atom stereocenters. The molecule has 0 saturated heterocycles. The topological polar surface area (TPSA) is 12.4 Å². The summed E-state index contributed by atoms with van der Waals surface area (Å²) in [7, 11) is 0. The van der Waals surface area contributed by atoms with Crippen LogP contribution in [-0.2, 0) is 0 Å². The molecule has 1 rings (SSSR count). The summed E-state index contributed by atoms with van der Waals surface area (Å²) < 4.78 is 0. The van der Waals surface area contributed by atoms with E-state index in [1.165, 1.54) is 12.0 Å². The average Bonchev–Trinajstić information content (AvgIpc) is 2.51. The van der Waals surface area contributed by atoms with Gasteiger partial charge in [-0.2, -0.15) is 0 Å². The van der Waals surface area contributed by atoms with E-state index < -0.39 is 0 Å². The molecule has 0 spiro atoms. The van der Waals surface area contributed by atoms with Crippen LogP contribution in [0.2, 0.25) is 0 Å². The Labute approximate surface area is 95.3 Å². The Bertz CT molecular complexity index is 219. The van der Waals surface area contributed by atoms with Gasteiger partial charge < -0.3 is 0 Å². The Hall–Kier alpha value is -1.11. The van der Waals surface area contributed by atoms with Gasteiger partial charge in [0.2, 0.25) is 0 Å². The first kappa shape index (κ1) is 16.3. The van der Waals surface area contributed by atoms with Crippen molar-refractivity contribution in [2.24, 2.45) is 4.99 Å². The Morgan fingerprint density at radius 2 is 1.93 bits per heavy atom. The molecule has 1 aliphatic rings. The van der Waals surface area contributed by atoms with E-state index in [1.54, 1.807) is 6.21 Å². The Morgan fingerprint density at radius 1 is 1.33 bits per heavy atom. The van der Waals surface area contributed by atoms with E-state index >= 15 is 0 Å². The first-order chi connectivity index (χ1) is 7.35. The van der Waals surface area contributed by atoms with Crippen LogP contribution >= 0.6 is 0 Å². The number of nitrogens with zero attached hydrogens (tertiary/aromatic N) is 1. The number of hydrogen-bond donors (Lipinski definition) is 0. The minimum atomic E-state index is 0.990. The lowest BCUT2D eigenvalue weighted by atomic mass is 10.2. The van der Waals surface area contributed by atoms with Crippen LogP contribution in [0.1, 0.15) is 47.5 Å². The molecule has 0 aromatic heterocycles. The highest BCUT2D eigenvalue weighted by Crippen LogP contribution is 2.06. The van der Waals surface area contributed by atoms with E-state index in [2.05, 4.69) is 31.0 Å². The fourth-order valence-electron chi connectivity index (χ4n) is 0.831. The minimum Gasteiger partial charge on any atom is -0.264 e. The Balaban J connectivity index is 0. The molecule has 0 saturated carbocycles. The third kappa shape index (κ3) is 12.9. The van der Waals surface area contributed by atoms with Gasteiger partial charge in [0.15, 0.2) is 0 Å². The van der Waals surface area contributed by atoms with Crippen molar-refractivity contribution >= 4 is 6.21 Å². The van der Waals surface area contributed by atoms with Gasteiger partial charge in [-0.05, 0) is 25.0 Å². The van der Waals surface area contributed by atoms with E-state index in [0.717, 1.165) is 6.42 Å². The highest BCUT2D eigenvalue weighted by Gasteiger charge is 1.88. The zero-order valence-corrected chi connectivity index (χ0v) is 10.8. The van der Waals surface area contributed by atoms with E-state index in [0.29, 0.717) is 0 Å². The maximum atomic E-state index is 4.05. The second kappa shape index (κ2) is 15.4. The molecular weight excluding hydrogens is 182 g/mol. The summed E-state index contributed by atoms with van der Waals surface area (Å²) in [5, 5.41) is 0. The molecule has 0 amide bonds. The third-order valence-corrected chi connectivity index (χ3v) is 1.28. The summed E-state index contributed by atoms with van der Waals surface area (Å²) in [5.41, 5.74) is 1.26. The molecule has 1 heterocycles. The van der Waals surface area contributed by atoms with Gasteiger partial charge in [0.05, 0.1) is 0 Å². The van der Waals surface area contributed by atoms with Gasteiger partial charge in [-0.1, -0.05) is 52.3 Å². The summed E-state index contributed by atoms with van der Waals surface area (Å²) in [4.78, 5) is 4.05. The lowest BCUT2D eigenvalue weighted by molar-refractivity contribution is 1.09. The van der Waals surface area contributed by atoms with E-state index in [-0.39, 0.29) is 0 Å². The van der Waals surface area contributed by atoms with Crippen LogP contribution in [0.3, 0.4) is 0 Å². The lowest BCUT2D eigenvalue weighted by Crippen LogP contribution is -1.71. The summed E-state index contributed by atoms with van der Waals surface area (Å²) in [6.45, 7) is 10.3. The van der Waals surface area contributed by atoms with Crippen LogP contribution in [0.4, 0.5) is 0 Å². The molecule has 15 heavy (non-hydrogen) atoms. The molecule has 0 unspecified atom stereocenters. The molecule has 0 N–H and O–H groups in total. The van der Waals surface area contributed by atoms with Crippen molar-refractivity contribution in [2.45, 2.75) is 47.5 Å². The summed E-state index contributed by atoms with van der Waals surface area (Å²) >= 11 is 0. The molecule has 0 bridgehead atoms. The van der Waals surface area contributed by atoms with Crippen LogP contribution < -0.4 is 0 Å². The van der Waals surface area contributed by atoms with Crippen LogP contribution in [0.5, 0.6) is 0 Å². The fraction of sp³-hybridized carbons (Fsp3) is 0.500. The molecule has 0 aromatic carbocycles. The summed E-state index contributed by atoms with van der Waals surface area (Å²) in [6, 6.07) is 0. The highest BCUT2D eigenvalue weighted by molar-refractivity contribution is 5.72. The normalized spacial score (nSPS) is 13.3. The van der Waals surface area contributed by atoms with Crippen LogP contribution in [0, 0.1) is 0 Å². The maximum Gasteiger partial charge on any atom is 0.0302 e. The van der Waals surface area contributed by atoms with Crippen LogP contribution in [0.15, 0.2) is 41.1 Å². The quantitative estimate of drug-likeness (QED) is 0.578.